The minimum Gasteiger partial charge on any atom is -0.493 e. The average Bonchev–Trinajstić information content (AvgIpc) is 2.89. The van der Waals surface area contributed by atoms with Crippen LogP contribution in [0.15, 0.2) is 67.9 Å². The zero-order chi connectivity index (χ0) is 27.0. The van der Waals surface area contributed by atoms with Gasteiger partial charge in [0, 0.05) is 45.8 Å². The molecule has 2 aromatic rings. The van der Waals surface area contributed by atoms with E-state index in [9.17, 15) is 19.5 Å². The number of benzene rings is 2. The SMILES string of the molecule is COc1cc(C2C3=C(CCCC3=O)N(CC(=O)O)C3=C2C(=O)CCC3)cc(Br)c1OCc1ccc(Br)cc1. The van der Waals surface area contributed by atoms with E-state index in [1.54, 1.807) is 12.0 Å². The number of carboxylic acids is 1. The van der Waals surface area contributed by atoms with Crippen molar-refractivity contribution in [2.45, 2.75) is 51.0 Å². The Labute approximate surface area is 237 Å². The number of rotatable bonds is 7. The molecule has 0 saturated carbocycles. The molecule has 0 atom stereocenters. The molecule has 0 bridgehead atoms. The number of halogens is 2. The molecule has 3 aliphatic rings. The Morgan fingerprint density at radius 2 is 1.58 bits per heavy atom. The van der Waals surface area contributed by atoms with Crippen molar-refractivity contribution in [2.75, 3.05) is 13.7 Å². The number of carbonyl (C=O) groups excluding carboxylic acids is 2. The molecule has 1 N–H and O–H groups in total. The summed E-state index contributed by atoms with van der Waals surface area (Å²) < 4.78 is 13.5. The lowest BCUT2D eigenvalue weighted by atomic mass is 9.71. The minimum absolute atomic E-state index is 0.0396. The van der Waals surface area contributed by atoms with Gasteiger partial charge in [0.05, 0.1) is 11.6 Å². The van der Waals surface area contributed by atoms with Crippen LogP contribution in [0.2, 0.25) is 0 Å². The van der Waals surface area contributed by atoms with Crippen LogP contribution in [0.1, 0.15) is 55.6 Å². The number of methoxy groups -OCH3 is 1. The summed E-state index contributed by atoms with van der Waals surface area (Å²) in [5.41, 5.74) is 4.25. The molecule has 0 saturated heterocycles. The smallest absolute Gasteiger partial charge is 0.323 e. The van der Waals surface area contributed by atoms with Crippen molar-refractivity contribution in [1.29, 1.82) is 0 Å². The second-order valence-electron chi connectivity index (χ2n) is 9.64. The number of hydrogen-bond donors (Lipinski definition) is 1. The predicted molar refractivity (Wildman–Crippen MR) is 148 cm³/mol. The van der Waals surface area contributed by atoms with Gasteiger partial charge in [-0.3, -0.25) is 14.4 Å². The molecule has 7 nitrogen and oxygen atoms in total. The summed E-state index contributed by atoms with van der Waals surface area (Å²) in [5, 5.41) is 9.65. The molecule has 2 aliphatic carbocycles. The summed E-state index contributed by atoms with van der Waals surface area (Å²) in [7, 11) is 1.56. The normalized spacial score (nSPS) is 17.9. The number of ketones is 2. The number of allylic oxidation sites excluding steroid dienone is 4. The summed E-state index contributed by atoms with van der Waals surface area (Å²) in [5.74, 6) is -0.637. The molecule has 0 unspecified atom stereocenters. The number of Topliss-reactive ketones (excluding diaryl/α,β-unsaturated/α-hetero) is 2. The maximum absolute atomic E-state index is 13.4. The van der Waals surface area contributed by atoms with Gasteiger partial charge in [0.25, 0.3) is 0 Å². The zero-order valence-electron chi connectivity index (χ0n) is 20.9. The molecule has 0 fully saturated rings. The van der Waals surface area contributed by atoms with Crippen LogP contribution >= 0.6 is 31.9 Å². The molecule has 0 spiro atoms. The van der Waals surface area contributed by atoms with E-state index in [1.165, 1.54) is 0 Å². The van der Waals surface area contributed by atoms with Crippen molar-refractivity contribution >= 4 is 49.4 Å². The first-order chi connectivity index (χ1) is 18.3. The second-order valence-corrected chi connectivity index (χ2v) is 11.4. The molecule has 1 heterocycles. The number of carboxylic acid groups (broad SMARTS) is 1. The molecule has 38 heavy (non-hydrogen) atoms. The first-order valence-electron chi connectivity index (χ1n) is 12.5. The van der Waals surface area contributed by atoms with E-state index in [0.717, 1.165) is 27.0 Å². The molecule has 9 heteroatoms. The van der Waals surface area contributed by atoms with Crippen LogP contribution in [0.5, 0.6) is 11.5 Å². The quantitative estimate of drug-likeness (QED) is 0.378. The van der Waals surface area contributed by atoms with Crippen molar-refractivity contribution < 1.29 is 29.0 Å². The molecule has 2 aromatic carbocycles. The molecular weight excluding hydrogens is 618 g/mol. The highest BCUT2D eigenvalue weighted by Crippen LogP contribution is 2.51. The first kappa shape index (κ1) is 26.7. The molecular formula is C29H27Br2NO6. The molecule has 5 rings (SSSR count). The van der Waals surface area contributed by atoms with E-state index in [1.807, 2.05) is 36.4 Å². The van der Waals surface area contributed by atoms with Crippen LogP contribution in [0.25, 0.3) is 0 Å². The monoisotopic (exact) mass is 643 g/mol. The van der Waals surface area contributed by atoms with Gasteiger partial charge in [0.1, 0.15) is 13.2 Å². The highest BCUT2D eigenvalue weighted by molar-refractivity contribution is 9.10. The van der Waals surface area contributed by atoms with Gasteiger partial charge in [-0.15, -0.1) is 0 Å². The lowest BCUT2D eigenvalue weighted by Gasteiger charge is -2.43. The summed E-state index contributed by atoms with van der Waals surface area (Å²) >= 11 is 7.08. The average molecular weight is 645 g/mol. The topological polar surface area (TPSA) is 93.1 Å². The largest absolute Gasteiger partial charge is 0.493 e. The summed E-state index contributed by atoms with van der Waals surface area (Å²) in [4.78, 5) is 40.3. The van der Waals surface area contributed by atoms with E-state index in [0.29, 0.717) is 72.2 Å². The van der Waals surface area contributed by atoms with Crippen LogP contribution in [0.3, 0.4) is 0 Å². The first-order valence-corrected chi connectivity index (χ1v) is 14.1. The number of ether oxygens (including phenoxy) is 2. The van der Waals surface area contributed by atoms with Crippen molar-refractivity contribution in [2.24, 2.45) is 0 Å². The van der Waals surface area contributed by atoms with Gasteiger partial charge in [-0.1, -0.05) is 28.1 Å². The third-order valence-corrected chi connectivity index (χ3v) is 8.38. The maximum atomic E-state index is 13.4. The van der Waals surface area contributed by atoms with E-state index in [-0.39, 0.29) is 18.1 Å². The fourth-order valence-electron chi connectivity index (χ4n) is 5.66. The van der Waals surface area contributed by atoms with Gasteiger partial charge in [0.15, 0.2) is 23.1 Å². The van der Waals surface area contributed by atoms with Crippen LogP contribution in [0, 0.1) is 0 Å². The fourth-order valence-corrected chi connectivity index (χ4v) is 6.50. The van der Waals surface area contributed by atoms with E-state index in [2.05, 4.69) is 31.9 Å². The Morgan fingerprint density at radius 3 is 2.13 bits per heavy atom. The second kappa shape index (κ2) is 11.1. The van der Waals surface area contributed by atoms with Crippen LogP contribution in [0.4, 0.5) is 0 Å². The maximum Gasteiger partial charge on any atom is 0.323 e. The van der Waals surface area contributed by atoms with Gasteiger partial charge < -0.3 is 19.5 Å². The summed E-state index contributed by atoms with van der Waals surface area (Å²) in [6.07, 6.45) is 3.27. The minimum atomic E-state index is -0.991. The van der Waals surface area contributed by atoms with Crippen molar-refractivity contribution in [3.63, 3.8) is 0 Å². The third-order valence-electron chi connectivity index (χ3n) is 7.26. The Morgan fingerprint density at radius 1 is 0.974 bits per heavy atom. The fraction of sp³-hybridized carbons (Fsp3) is 0.345. The molecule has 0 amide bonds. The van der Waals surface area contributed by atoms with Gasteiger partial charge in [0.2, 0.25) is 0 Å². The van der Waals surface area contributed by atoms with Crippen LogP contribution in [-0.2, 0) is 21.0 Å². The zero-order valence-corrected chi connectivity index (χ0v) is 24.1. The third kappa shape index (κ3) is 5.06. The van der Waals surface area contributed by atoms with Crippen LogP contribution < -0.4 is 9.47 Å². The van der Waals surface area contributed by atoms with E-state index >= 15 is 0 Å². The van der Waals surface area contributed by atoms with Crippen molar-refractivity contribution in [3.05, 3.63) is 79.0 Å². The standard InChI is InChI=1S/C29H27Br2NO6/c1-37-24-13-17(12-19(31)29(24)38-15-16-8-10-18(30)11-9-16)26-27-20(4-2-6-22(27)33)32(14-25(35)36)21-5-3-7-23(34)28(21)26/h8-13,26H,2-7,14-15H2,1H3,(H,35,36). The van der Waals surface area contributed by atoms with Gasteiger partial charge in [-0.25, -0.2) is 0 Å². The molecule has 0 aromatic heterocycles. The number of aliphatic carboxylic acids is 1. The lowest BCUT2D eigenvalue weighted by Crippen LogP contribution is -2.41. The Hall–Kier alpha value is -2.91. The van der Waals surface area contributed by atoms with Crippen molar-refractivity contribution in [1.82, 2.24) is 4.90 Å². The lowest BCUT2D eigenvalue weighted by molar-refractivity contribution is -0.138. The van der Waals surface area contributed by atoms with E-state index in [4.69, 9.17) is 9.47 Å². The Bertz CT molecular complexity index is 1330. The van der Waals surface area contributed by atoms with Crippen LogP contribution in [-0.4, -0.2) is 41.2 Å². The van der Waals surface area contributed by atoms with Gasteiger partial charge in [-0.2, -0.15) is 0 Å². The van der Waals surface area contributed by atoms with Crippen molar-refractivity contribution in [3.8, 4) is 11.5 Å². The predicted octanol–water partition coefficient (Wildman–Crippen LogP) is 6.30. The summed E-state index contributed by atoms with van der Waals surface area (Å²) in [6, 6.07) is 11.5. The Balaban J connectivity index is 1.60. The van der Waals surface area contributed by atoms with Gasteiger partial charge >= 0.3 is 5.97 Å². The number of nitrogens with zero attached hydrogens (tertiary/aromatic N) is 1. The highest BCUT2D eigenvalue weighted by atomic mass is 79.9. The molecule has 1 aliphatic heterocycles. The van der Waals surface area contributed by atoms with Gasteiger partial charge in [-0.05, 0) is 77.0 Å². The number of hydrogen-bond acceptors (Lipinski definition) is 6. The Kier molecular flexibility index (Phi) is 7.77. The molecule has 198 valence electrons. The summed E-state index contributed by atoms with van der Waals surface area (Å²) in [6.45, 7) is 0.0670. The number of carbonyl (C=O) groups is 3. The molecule has 0 radical (unpaired) electrons. The van der Waals surface area contributed by atoms with E-state index < -0.39 is 11.9 Å². The highest BCUT2D eigenvalue weighted by Gasteiger charge is 2.44.